The Bertz CT molecular complexity index is 1170. The van der Waals surface area contributed by atoms with E-state index in [4.69, 9.17) is 21.1 Å². The number of anilines is 1. The number of carbonyl (C=O) groups is 2. The van der Waals surface area contributed by atoms with Crippen molar-refractivity contribution in [2.45, 2.75) is 13.8 Å². The van der Waals surface area contributed by atoms with Crippen molar-refractivity contribution < 1.29 is 19.1 Å². The predicted molar refractivity (Wildman–Crippen MR) is 134 cm³/mol. The lowest BCUT2D eigenvalue weighted by atomic mass is 10.2. The van der Waals surface area contributed by atoms with E-state index >= 15 is 0 Å². The molecule has 0 aliphatic carbocycles. The predicted octanol–water partition coefficient (Wildman–Crippen LogP) is 5.18. The molecule has 176 valence electrons. The summed E-state index contributed by atoms with van der Waals surface area (Å²) in [4.78, 5) is 27.0. The van der Waals surface area contributed by atoms with Gasteiger partial charge < -0.3 is 14.4 Å². The van der Waals surface area contributed by atoms with Gasteiger partial charge in [-0.25, -0.2) is 10.2 Å². The lowest BCUT2D eigenvalue weighted by Crippen LogP contribution is -2.22. The van der Waals surface area contributed by atoms with Gasteiger partial charge >= 0.3 is 5.97 Å². The third-order valence-electron chi connectivity index (χ3n) is 5.12. The van der Waals surface area contributed by atoms with E-state index in [-0.39, 0.29) is 17.2 Å². The fourth-order valence-electron chi connectivity index (χ4n) is 3.27. The van der Waals surface area contributed by atoms with Crippen LogP contribution in [0.3, 0.4) is 0 Å². The molecule has 3 aromatic rings. The van der Waals surface area contributed by atoms with Crippen LogP contribution in [0.4, 0.5) is 5.69 Å². The van der Waals surface area contributed by atoms with Crippen LogP contribution in [0, 0.1) is 0 Å². The topological polar surface area (TPSA) is 80.2 Å². The summed E-state index contributed by atoms with van der Waals surface area (Å²) in [6, 6.07) is 18.9. The molecule has 0 heterocycles. The molecule has 0 fully saturated rings. The number of rotatable bonds is 9. The van der Waals surface area contributed by atoms with E-state index in [1.807, 2.05) is 12.1 Å². The van der Waals surface area contributed by atoms with Gasteiger partial charge in [0, 0.05) is 24.3 Å². The zero-order valence-corrected chi connectivity index (χ0v) is 20.0. The number of ether oxygens (including phenoxy) is 2. The lowest BCUT2D eigenvalue weighted by molar-refractivity contribution is 0.0729. The van der Waals surface area contributed by atoms with Gasteiger partial charge in [-0.3, -0.25) is 4.79 Å². The molecule has 3 rings (SSSR count). The Morgan fingerprint density at radius 1 is 1.00 bits per heavy atom. The van der Waals surface area contributed by atoms with E-state index in [0.717, 1.165) is 18.8 Å². The summed E-state index contributed by atoms with van der Waals surface area (Å²) in [7, 11) is 1.47. The Morgan fingerprint density at radius 2 is 1.71 bits per heavy atom. The first kappa shape index (κ1) is 24.8. The second kappa shape index (κ2) is 11.9. The fourth-order valence-corrected chi connectivity index (χ4v) is 3.49. The lowest BCUT2D eigenvalue weighted by Gasteiger charge is -2.20. The van der Waals surface area contributed by atoms with Gasteiger partial charge in [0.25, 0.3) is 5.91 Å². The number of amides is 1. The molecule has 0 aromatic heterocycles. The first-order chi connectivity index (χ1) is 16.5. The van der Waals surface area contributed by atoms with Gasteiger partial charge in [-0.05, 0) is 74.0 Å². The second-order valence-electron chi connectivity index (χ2n) is 7.20. The van der Waals surface area contributed by atoms with Crippen molar-refractivity contribution in [3.8, 4) is 11.5 Å². The van der Waals surface area contributed by atoms with E-state index in [2.05, 4.69) is 29.3 Å². The summed E-state index contributed by atoms with van der Waals surface area (Å²) < 4.78 is 10.8. The van der Waals surface area contributed by atoms with Gasteiger partial charge in [-0.15, -0.1) is 0 Å². The van der Waals surface area contributed by atoms with Crippen LogP contribution in [-0.4, -0.2) is 38.3 Å². The summed E-state index contributed by atoms with van der Waals surface area (Å²) in [5.41, 5.74) is 4.98. The Morgan fingerprint density at radius 3 is 2.35 bits per heavy atom. The average Bonchev–Trinajstić information content (AvgIpc) is 2.86. The third kappa shape index (κ3) is 6.14. The number of benzene rings is 3. The molecule has 0 unspecified atom stereocenters. The average molecular weight is 480 g/mol. The number of nitrogens with one attached hydrogen (secondary N) is 1. The highest BCUT2D eigenvalue weighted by atomic mass is 35.5. The van der Waals surface area contributed by atoms with E-state index in [9.17, 15) is 9.59 Å². The summed E-state index contributed by atoms with van der Waals surface area (Å²) in [6.45, 7) is 5.97. The van der Waals surface area contributed by atoms with Crippen molar-refractivity contribution in [3.63, 3.8) is 0 Å². The Kier molecular flexibility index (Phi) is 8.65. The largest absolute Gasteiger partial charge is 0.493 e. The summed E-state index contributed by atoms with van der Waals surface area (Å²) in [5, 5.41) is 4.32. The molecule has 7 nitrogen and oxygen atoms in total. The first-order valence-electron chi connectivity index (χ1n) is 10.8. The number of methoxy groups -OCH3 is 1. The molecule has 0 aliphatic heterocycles. The van der Waals surface area contributed by atoms with E-state index in [1.54, 1.807) is 54.6 Å². The summed E-state index contributed by atoms with van der Waals surface area (Å²) in [5.74, 6) is -0.339. The number of carbonyl (C=O) groups excluding carboxylic acids is 2. The number of hydrogen-bond acceptors (Lipinski definition) is 6. The molecule has 3 aromatic carbocycles. The molecule has 0 radical (unpaired) electrons. The van der Waals surface area contributed by atoms with Crippen LogP contribution in [0.25, 0.3) is 0 Å². The maximum Gasteiger partial charge on any atom is 0.345 e. The minimum absolute atomic E-state index is 0.238. The number of hydrazone groups is 1. The Balaban J connectivity index is 1.64. The molecule has 0 saturated heterocycles. The Hall–Kier alpha value is -3.84. The molecule has 34 heavy (non-hydrogen) atoms. The summed E-state index contributed by atoms with van der Waals surface area (Å²) in [6.07, 6.45) is 1.48. The number of hydrogen-bond donors (Lipinski definition) is 1. The molecule has 0 saturated carbocycles. The van der Waals surface area contributed by atoms with Gasteiger partial charge in [0.05, 0.1) is 23.9 Å². The molecule has 0 atom stereocenters. The van der Waals surface area contributed by atoms with Crippen molar-refractivity contribution in [3.05, 3.63) is 88.4 Å². The molecular weight excluding hydrogens is 454 g/mol. The third-order valence-corrected chi connectivity index (χ3v) is 5.45. The van der Waals surface area contributed by atoms with Crippen molar-refractivity contribution in [2.75, 3.05) is 25.1 Å². The van der Waals surface area contributed by atoms with Crippen LogP contribution >= 0.6 is 11.6 Å². The maximum atomic E-state index is 12.4. The van der Waals surface area contributed by atoms with E-state index in [1.165, 1.54) is 13.3 Å². The van der Waals surface area contributed by atoms with E-state index < -0.39 is 5.97 Å². The maximum absolute atomic E-state index is 12.4. The molecule has 8 heteroatoms. The Labute approximate surface area is 203 Å². The molecule has 0 spiro atoms. The van der Waals surface area contributed by atoms with Crippen molar-refractivity contribution in [1.82, 2.24) is 5.43 Å². The van der Waals surface area contributed by atoms with Gasteiger partial charge in [-0.2, -0.15) is 5.10 Å². The minimum Gasteiger partial charge on any atom is -0.493 e. The smallest absolute Gasteiger partial charge is 0.345 e. The van der Waals surface area contributed by atoms with Crippen molar-refractivity contribution in [1.29, 1.82) is 0 Å². The quantitative estimate of drug-likeness (QED) is 0.198. The van der Waals surface area contributed by atoms with Gasteiger partial charge in [0.2, 0.25) is 0 Å². The summed E-state index contributed by atoms with van der Waals surface area (Å²) >= 11 is 6.06. The highest BCUT2D eigenvalue weighted by Crippen LogP contribution is 2.29. The number of esters is 1. The van der Waals surface area contributed by atoms with Gasteiger partial charge in [0.1, 0.15) is 0 Å². The van der Waals surface area contributed by atoms with Gasteiger partial charge in [0.15, 0.2) is 11.5 Å². The monoisotopic (exact) mass is 479 g/mol. The normalized spacial score (nSPS) is 10.7. The SMILES string of the molecule is CCN(CC)c1ccc(C(=O)NN=Cc2ccc(OC(=O)c3ccccc3Cl)c(OC)c2)cc1. The zero-order chi connectivity index (χ0) is 24.5. The number of halogens is 1. The fraction of sp³-hybridized carbons (Fsp3) is 0.192. The zero-order valence-electron chi connectivity index (χ0n) is 19.2. The standard InChI is InChI=1S/C26H26ClN3O4/c1-4-30(5-2)20-13-11-19(12-14-20)25(31)29-28-17-18-10-15-23(24(16-18)33-3)34-26(32)21-8-6-7-9-22(21)27/h6-17H,4-5H2,1-3H3,(H,29,31). The van der Waals surface area contributed by atoms with Crippen LogP contribution in [-0.2, 0) is 0 Å². The van der Waals surface area contributed by atoms with E-state index in [0.29, 0.717) is 21.9 Å². The van der Waals surface area contributed by atoms with Crippen molar-refractivity contribution in [2.24, 2.45) is 5.10 Å². The molecule has 1 amide bonds. The van der Waals surface area contributed by atoms with Crippen LogP contribution in [0.5, 0.6) is 11.5 Å². The van der Waals surface area contributed by atoms with Crippen LogP contribution in [0.1, 0.15) is 40.1 Å². The number of nitrogens with zero attached hydrogens (tertiary/aromatic N) is 2. The highest BCUT2D eigenvalue weighted by molar-refractivity contribution is 6.33. The highest BCUT2D eigenvalue weighted by Gasteiger charge is 2.15. The van der Waals surface area contributed by atoms with Crippen LogP contribution < -0.4 is 19.8 Å². The van der Waals surface area contributed by atoms with Crippen LogP contribution in [0.2, 0.25) is 5.02 Å². The van der Waals surface area contributed by atoms with Crippen LogP contribution in [0.15, 0.2) is 71.8 Å². The molecule has 1 N–H and O–H groups in total. The molecule has 0 aliphatic rings. The second-order valence-corrected chi connectivity index (χ2v) is 7.61. The van der Waals surface area contributed by atoms with Gasteiger partial charge in [-0.1, -0.05) is 23.7 Å². The molecular formula is C26H26ClN3O4. The first-order valence-corrected chi connectivity index (χ1v) is 11.2. The minimum atomic E-state index is -0.593. The molecule has 0 bridgehead atoms. The van der Waals surface area contributed by atoms with Crippen molar-refractivity contribution >= 4 is 35.4 Å².